The molecule has 3 rings (SSSR count). The highest BCUT2D eigenvalue weighted by Gasteiger charge is 2.40. The Kier molecular flexibility index (Phi) is 3.81. The van der Waals surface area contributed by atoms with Gasteiger partial charge in [-0.3, -0.25) is 9.69 Å². The number of likely N-dealkylation sites (tertiary alicyclic amines) is 1. The van der Waals surface area contributed by atoms with Crippen LogP contribution in [0.3, 0.4) is 0 Å². The van der Waals surface area contributed by atoms with Crippen molar-refractivity contribution in [3.05, 3.63) is 24.2 Å². The Morgan fingerprint density at radius 1 is 1.40 bits per heavy atom. The van der Waals surface area contributed by atoms with E-state index in [0.717, 1.165) is 38.1 Å². The topological polar surface area (TPSA) is 71.5 Å². The van der Waals surface area contributed by atoms with Crippen LogP contribution >= 0.6 is 0 Å². The van der Waals surface area contributed by atoms with E-state index in [1.807, 2.05) is 12.1 Å². The first-order chi connectivity index (χ1) is 9.69. The minimum Gasteiger partial charge on any atom is -0.468 e. The van der Waals surface area contributed by atoms with Gasteiger partial charge in [-0.1, -0.05) is 0 Å². The van der Waals surface area contributed by atoms with Crippen molar-refractivity contribution in [2.24, 2.45) is 5.73 Å². The molecule has 2 heterocycles. The highest BCUT2D eigenvalue weighted by Crippen LogP contribution is 2.30. The molecule has 110 valence electrons. The van der Waals surface area contributed by atoms with E-state index < -0.39 is 5.54 Å². The number of carbonyl (C=O) groups excluding carboxylic acids is 1. The maximum absolute atomic E-state index is 12.2. The van der Waals surface area contributed by atoms with E-state index in [1.54, 1.807) is 6.26 Å². The summed E-state index contributed by atoms with van der Waals surface area (Å²) in [4.78, 5) is 14.5. The largest absolute Gasteiger partial charge is 0.468 e. The van der Waals surface area contributed by atoms with Gasteiger partial charge < -0.3 is 15.5 Å². The fourth-order valence-electron chi connectivity index (χ4n) is 3.09. The lowest BCUT2D eigenvalue weighted by molar-refractivity contribution is -0.129. The first kappa shape index (κ1) is 13.6. The standard InChI is InChI=1S/C15H23N3O2/c16-15(6-4-7-15)14(19)17-11-12(13-5-3-10-20-13)18-8-1-2-9-18/h3,5,10,12H,1-2,4,6-9,11,16H2,(H,17,19). The Bertz CT molecular complexity index is 448. The van der Waals surface area contributed by atoms with Crippen molar-refractivity contribution in [2.75, 3.05) is 19.6 Å². The summed E-state index contributed by atoms with van der Waals surface area (Å²) >= 11 is 0. The summed E-state index contributed by atoms with van der Waals surface area (Å²) in [6.45, 7) is 2.70. The predicted molar refractivity (Wildman–Crippen MR) is 76.0 cm³/mol. The van der Waals surface area contributed by atoms with Gasteiger partial charge in [0, 0.05) is 6.54 Å². The molecular weight excluding hydrogens is 254 g/mol. The molecule has 1 atom stereocenters. The molecule has 1 aliphatic carbocycles. The molecule has 1 unspecified atom stereocenters. The van der Waals surface area contributed by atoms with Gasteiger partial charge >= 0.3 is 0 Å². The van der Waals surface area contributed by atoms with Crippen LogP contribution in [0.5, 0.6) is 0 Å². The Labute approximate surface area is 119 Å². The Morgan fingerprint density at radius 2 is 2.15 bits per heavy atom. The van der Waals surface area contributed by atoms with Crippen LogP contribution in [0.15, 0.2) is 22.8 Å². The number of rotatable bonds is 5. The monoisotopic (exact) mass is 277 g/mol. The van der Waals surface area contributed by atoms with Gasteiger partial charge in [0.05, 0.1) is 17.8 Å². The van der Waals surface area contributed by atoms with Crippen LogP contribution in [0.2, 0.25) is 0 Å². The van der Waals surface area contributed by atoms with Crippen molar-refractivity contribution in [3.8, 4) is 0 Å². The smallest absolute Gasteiger partial charge is 0.240 e. The second kappa shape index (κ2) is 5.58. The SMILES string of the molecule is NC1(C(=O)NCC(c2ccco2)N2CCCC2)CCC1. The van der Waals surface area contributed by atoms with Gasteiger partial charge in [-0.2, -0.15) is 0 Å². The second-order valence-electron chi connectivity index (χ2n) is 5.99. The molecule has 0 aromatic carbocycles. The Balaban J connectivity index is 1.63. The van der Waals surface area contributed by atoms with Crippen LogP contribution in [0.1, 0.15) is 43.9 Å². The first-order valence-corrected chi connectivity index (χ1v) is 7.54. The number of nitrogens with zero attached hydrogens (tertiary/aromatic N) is 1. The molecule has 0 spiro atoms. The number of carbonyl (C=O) groups is 1. The number of amides is 1. The molecule has 1 amide bonds. The lowest BCUT2D eigenvalue weighted by atomic mass is 9.77. The number of nitrogens with one attached hydrogen (secondary N) is 1. The zero-order chi connectivity index (χ0) is 14.0. The number of hydrogen-bond acceptors (Lipinski definition) is 4. The Morgan fingerprint density at radius 3 is 2.70 bits per heavy atom. The average molecular weight is 277 g/mol. The number of hydrogen-bond donors (Lipinski definition) is 2. The van der Waals surface area contributed by atoms with E-state index in [0.29, 0.717) is 6.54 Å². The van der Waals surface area contributed by atoms with Crippen molar-refractivity contribution in [1.29, 1.82) is 0 Å². The van der Waals surface area contributed by atoms with Gasteiger partial charge in [0.1, 0.15) is 5.76 Å². The van der Waals surface area contributed by atoms with E-state index in [4.69, 9.17) is 10.2 Å². The third-order valence-corrected chi connectivity index (χ3v) is 4.61. The van der Waals surface area contributed by atoms with Gasteiger partial charge in [0.2, 0.25) is 5.91 Å². The third kappa shape index (κ3) is 2.60. The highest BCUT2D eigenvalue weighted by molar-refractivity contribution is 5.87. The van der Waals surface area contributed by atoms with Crippen LogP contribution in [-0.4, -0.2) is 36.0 Å². The molecule has 1 aliphatic heterocycles. The molecular formula is C15H23N3O2. The molecule has 1 saturated carbocycles. The van der Waals surface area contributed by atoms with Crippen molar-refractivity contribution in [2.45, 2.75) is 43.7 Å². The molecule has 20 heavy (non-hydrogen) atoms. The fourth-order valence-corrected chi connectivity index (χ4v) is 3.09. The lowest BCUT2D eigenvalue weighted by Crippen LogP contribution is -2.59. The van der Waals surface area contributed by atoms with Crippen LogP contribution in [0.4, 0.5) is 0 Å². The molecule has 1 aromatic rings. The zero-order valence-corrected chi connectivity index (χ0v) is 11.8. The number of furan rings is 1. The molecule has 5 nitrogen and oxygen atoms in total. The van der Waals surface area contributed by atoms with E-state index in [2.05, 4.69) is 10.2 Å². The van der Waals surface area contributed by atoms with Gasteiger partial charge in [0.25, 0.3) is 0 Å². The highest BCUT2D eigenvalue weighted by atomic mass is 16.3. The molecule has 1 saturated heterocycles. The van der Waals surface area contributed by atoms with Crippen LogP contribution in [0, 0.1) is 0 Å². The molecule has 5 heteroatoms. The predicted octanol–water partition coefficient (Wildman–Crippen LogP) is 1.41. The molecule has 2 aliphatic rings. The second-order valence-corrected chi connectivity index (χ2v) is 5.99. The van der Waals surface area contributed by atoms with E-state index >= 15 is 0 Å². The van der Waals surface area contributed by atoms with Gasteiger partial charge in [-0.25, -0.2) is 0 Å². The molecule has 1 aromatic heterocycles. The summed E-state index contributed by atoms with van der Waals surface area (Å²) in [7, 11) is 0. The summed E-state index contributed by atoms with van der Waals surface area (Å²) in [5.74, 6) is 0.909. The maximum Gasteiger partial charge on any atom is 0.240 e. The summed E-state index contributed by atoms with van der Waals surface area (Å²) < 4.78 is 5.54. The van der Waals surface area contributed by atoms with Crippen LogP contribution in [0.25, 0.3) is 0 Å². The van der Waals surface area contributed by atoms with Crippen molar-refractivity contribution in [3.63, 3.8) is 0 Å². The third-order valence-electron chi connectivity index (χ3n) is 4.61. The minimum absolute atomic E-state index is 0.0143. The first-order valence-electron chi connectivity index (χ1n) is 7.54. The maximum atomic E-state index is 12.2. The normalized spacial score (nSPS) is 23.2. The quantitative estimate of drug-likeness (QED) is 0.853. The van der Waals surface area contributed by atoms with Crippen LogP contribution < -0.4 is 11.1 Å². The van der Waals surface area contributed by atoms with E-state index in [9.17, 15) is 4.79 Å². The summed E-state index contributed by atoms with van der Waals surface area (Å²) in [6, 6.07) is 4.01. The van der Waals surface area contributed by atoms with Crippen molar-refractivity contribution in [1.82, 2.24) is 10.2 Å². The summed E-state index contributed by atoms with van der Waals surface area (Å²) in [5, 5.41) is 3.02. The average Bonchev–Trinajstić information content (AvgIpc) is 3.09. The minimum atomic E-state index is -0.626. The molecule has 0 radical (unpaired) electrons. The molecule has 3 N–H and O–H groups in total. The fraction of sp³-hybridized carbons (Fsp3) is 0.667. The van der Waals surface area contributed by atoms with Gasteiger partial charge in [0.15, 0.2) is 0 Å². The van der Waals surface area contributed by atoms with Gasteiger partial charge in [-0.15, -0.1) is 0 Å². The van der Waals surface area contributed by atoms with Crippen LogP contribution in [-0.2, 0) is 4.79 Å². The number of nitrogens with two attached hydrogens (primary N) is 1. The lowest BCUT2D eigenvalue weighted by Gasteiger charge is -2.37. The van der Waals surface area contributed by atoms with Crippen molar-refractivity contribution < 1.29 is 9.21 Å². The summed E-state index contributed by atoms with van der Waals surface area (Å²) in [5.41, 5.74) is 5.43. The van der Waals surface area contributed by atoms with Crippen molar-refractivity contribution >= 4 is 5.91 Å². The Hall–Kier alpha value is -1.33. The van der Waals surface area contributed by atoms with Gasteiger partial charge in [-0.05, 0) is 57.3 Å². The summed E-state index contributed by atoms with van der Waals surface area (Å²) in [6.07, 6.45) is 6.77. The zero-order valence-electron chi connectivity index (χ0n) is 11.8. The van der Waals surface area contributed by atoms with E-state index in [-0.39, 0.29) is 11.9 Å². The molecule has 2 fully saturated rings. The molecule has 0 bridgehead atoms. The van der Waals surface area contributed by atoms with E-state index in [1.165, 1.54) is 12.8 Å².